The van der Waals surface area contributed by atoms with Crippen LogP contribution in [0.5, 0.6) is 11.5 Å². The number of thiazole rings is 1. The van der Waals surface area contributed by atoms with Crippen molar-refractivity contribution in [2.45, 2.75) is 6.42 Å². The van der Waals surface area contributed by atoms with Crippen molar-refractivity contribution in [3.8, 4) is 22.1 Å². The summed E-state index contributed by atoms with van der Waals surface area (Å²) >= 11 is 7.42. The second-order valence-corrected chi connectivity index (χ2v) is 6.83. The molecule has 1 heterocycles. The normalized spacial score (nSPS) is 10.5. The average Bonchev–Trinajstić information content (AvgIpc) is 3.11. The maximum absolute atomic E-state index is 13.4. The average molecular weight is 407 g/mol. The number of hydrogen-bond donors (Lipinski definition) is 1. The topological polar surface area (TPSA) is 60.5 Å². The number of nitrogens with zero attached hydrogens (tertiary/aromatic N) is 1. The predicted octanol–water partition coefficient (Wildman–Crippen LogP) is 4.80. The zero-order chi connectivity index (χ0) is 19.4. The van der Waals surface area contributed by atoms with Gasteiger partial charge in [-0.2, -0.15) is 0 Å². The monoisotopic (exact) mass is 406 g/mol. The van der Waals surface area contributed by atoms with Crippen LogP contribution in [0.3, 0.4) is 0 Å². The van der Waals surface area contributed by atoms with Gasteiger partial charge >= 0.3 is 0 Å². The highest BCUT2D eigenvalue weighted by atomic mass is 35.5. The molecule has 1 aromatic heterocycles. The molecule has 0 bridgehead atoms. The quantitative estimate of drug-likeness (QED) is 0.638. The van der Waals surface area contributed by atoms with E-state index >= 15 is 0 Å². The minimum atomic E-state index is -0.328. The van der Waals surface area contributed by atoms with E-state index in [0.29, 0.717) is 38.5 Å². The van der Waals surface area contributed by atoms with Crippen LogP contribution in [0.2, 0.25) is 5.02 Å². The number of halogens is 2. The van der Waals surface area contributed by atoms with Crippen LogP contribution in [0.1, 0.15) is 5.69 Å². The Kier molecular flexibility index (Phi) is 5.93. The zero-order valence-corrected chi connectivity index (χ0v) is 16.2. The number of nitrogens with one attached hydrogen (secondary N) is 1. The fourth-order valence-electron chi connectivity index (χ4n) is 2.46. The molecular formula is C19H16ClFN2O3S. The summed E-state index contributed by atoms with van der Waals surface area (Å²) in [5.41, 5.74) is 1.72. The molecule has 1 N–H and O–H groups in total. The summed E-state index contributed by atoms with van der Waals surface area (Å²) < 4.78 is 23.8. The highest BCUT2D eigenvalue weighted by Crippen LogP contribution is 2.36. The van der Waals surface area contributed by atoms with E-state index in [-0.39, 0.29) is 18.1 Å². The van der Waals surface area contributed by atoms with E-state index in [1.807, 2.05) is 0 Å². The van der Waals surface area contributed by atoms with Crippen molar-refractivity contribution in [1.29, 1.82) is 0 Å². The molecule has 140 valence electrons. The second kappa shape index (κ2) is 8.37. The van der Waals surface area contributed by atoms with Crippen molar-refractivity contribution in [3.63, 3.8) is 0 Å². The number of hydrogen-bond acceptors (Lipinski definition) is 5. The number of rotatable bonds is 6. The van der Waals surface area contributed by atoms with Crippen molar-refractivity contribution >= 4 is 34.5 Å². The van der Waals surface area contributed by atoms with Crippen LogP contribution in [-0.2, 0) is 11.2 Å². The fourth-order valence-corrected chi connectivity index (χ4v) is 3.51. The Labute approximate surface area is 164 Å². The Hall–Kier alpha value is -2.64. The van der Waals surface area contributed by atoms with Crippen molar-refractivity contribution < 1.29 is 18.7 Å². The lowest BCUT2D eigenvalue weighted by Gasteiger charge is -2.12. The first-order valence-corrected chi connectivity index (χ1v) is 9.17. The smallest absolute Gasteiger partial charge is 0.230 e. The molecule has 0 atom stereocenters. The van der Waals surface area contributed by atoms with E-state index in [1.54, 1.807) is 29.6 Å². The molecule has 0 unspecified atom stereocenters. The standard InChI is InChI=1S/C19H16ClFN2O3S/c1-25-16-9-15(17(26-2)8-14(16)20)23-18(24)7-13-10-27-19(22-13)11-4-3-5-12(21)6-11/h3-6,8-10H,7H2,1-2H3,(H,23,24). The minimum absolute atomic E-state index is 0.0694. The van der Waals surface area contributed by atoms with E-state index in [4.69, 9.17) is 21.1 Å². The van der Waals surface area contributed by atoms with Crippen molar-refractivity contribution in [3.05, 3.63) is 58.3 Å². The number of anilines is 1. The third-order valence-corrected chi connectivity index (χ3v) is 4.95. The number of carbonyl (C=O) groups is 1. The fraction of sp³-hybridized carbons (Fsp3) is 0.158. The third kappa shape index (κ3) is 4.56. The number of amides is 1. The SMILES string of the molecule is COc1cc(NC(=O)Cc2csc(-c3cccc(F)c3)n2)c(OC)cc1Cl. The van der Waals surface area contributed by atoms with Crippen molar-refractivity contribution in [2.24, 2.45) is 0 Å². The van der Waals surface area contributed by atoms with Gasteiger partial charge in [-0.15, -0.1) is 11.3 Å². The number of aromatic nitrogens is 1. The van der Waals surface area contributed by atoms with Crippen LogP contribution in [-0.4, -0.2) is 25.1 Å². The summed E-state index contributed by atoms with van der Waals surface area (Å²) in [6, 6.07) is 9.35. The molecule has 5 nitrogen and oxygen atoms in total. The number of methoxy groups -OCH3 is 2. The molecule has 0 spiro atoms. The molecule has 0 fully saturated rings. The zero-order valence-electron chi connectivity index (χ0n) is 14.6. The van der Waals surface area contributed by atoms with Gasteiger partial charge in [0.05, 0.1) is 37.0 Å². The Balaban J connectivity index is 1.73. The lowest BCUT2D eigenvalue weighted by atomic mass is 10.2. The minimum Gasteiger partial charge on any atom is -0.495 e. The molecule has 3 rings (SSSR count). The van der Waals surface area contributed by atoms with Gasteiger partial charge in [0.2, 0.25) is 5.91 Å². The number of ether oxygens (including phenoxy) is 2. The molecule has 8 heteroatoms. The summed E-state index contributed by atoms with van der Waals surface area (Å²) in [6.07, 6.45) is 0.0694. The highest BCUT2D eigenvalue weighted by Gasteiger charge is 2.14. The van der Waals surface area contributed by atoms with E-state index in [0.717, 1.165) is 0 Å². The number of carbonyl (C=O) groups excluding carboxylic acids is 1. The van der Waals surface area contributed by atoms with E-state index < -0.39 is 0 Å². The van der Waals surface area contributed by atoms with Gasteiger partial charge in [-0.1, -0.05) is 23.7 Å². The Morgan fingerprint density at radius 1 is 1.22 bits per heavy atom. The Bertz CT molecular complexity index is 977. The van der Waals surface area contributed by atoms with Crippen LogP contribution >= 0.6 is 22.9 Å². The first-order valence-electron chi connectivity index (χ1n) is 7.92. The van der Waals surface area contributed by atoms with Gasteiger partial charge in [-0.25, -0.2) is 9.37 Å². The van der Waals surface area contributed by atoms with Gasteiger partial charge in [0.25, 0.3) is 0 Å². The van der Waals surface area contributed by atoms with Gasteiger partial charge in [0, 0.05) is 23.1 Å². The molecule has 0 radical (unpaired) electrons. The lowest BCUT2D eigenvalue weighted by molar-refractivity contribution is -0.115. The van der Waals surface area contributed by atoms with Crippen molar-refractivity contribution in [1.82, 2.24) is 4.98 Å². The highest BCUT2D eigenvalue weighted by molar-refractivity contribution is 7.13. The second-order valence-electron chi connectivity index (χ2n) is 5.57. The molecule has 0 aliphatic carbocycles. The van der Waals surface area contributed by atoms with Crippen LogP contribution in [0.25, 0.3) is 10.6 Å². The lowest BCUT2D eigenvalue weighted by Crippen LogP contribution is -2.15. The molecule has 2 aromatic carbocycles. The molecule has 0 saturated carbocycles. The van der Waals surface area contributed by atoms with Crippen LogP contribution < -0.4 is 14.8 Å². The summed E-state index contributed by atoms with van der Waals surface area (Å²) in [5, 5.41) is 5.59. The summed E-state index contributed by atoms with van der Waals surface area (Å²) in [7, 11) is 2.97. The summed E-state index contributed by atoms with van der Waals surface area (Å²) in [5.74, 6) is 0.252. The summed E-state index contributed by atoms with van der Waals surface area (Å²) in [6.45, 7) is 0. The molecule has 3 aromatic rings. The van der Waals surface area contributed by atoms with Crippen LogP contribution in [0.4, 0.5) is 10.1 Å². The van der Waals surface area contributed by atoms with Gasteiger partial charge < -0.3 is 14.8 Å². The van der Waals surface area contributed by atoms with Gasteiger partial charge in [-0.05, 0) is 12.1 Å². The van der Waals surface area contributed by atoms with Gasteiger partial charge in [0.15, 0.2) is 0 Å². The van der Waals surface area contributed by atoms with Gasteiger partial charge in [-0.3, -0.25) is 4.79 Å². The maximum atomic E-state index is 13.4. The molecular weight excluding hydrogens is 391 g/mol. The van der Waals surface area contributed by atoms with Gasteiger partial charge in [0.1, 0.15) is 22.3 Å². The molecule has 27 heavy (non-hydrogen) atoms. The third-order valence-electron chi connectivity index (χ3n) is 3.71. The number of benzene rings is 2. The van der Waals surface area contributed by atoms with E-state index in [9.17, 15) is 9.18 Å². The summed E-state index contributed by atoms with van der Waals surface area (Å²) in [4.78, 5) is 16.8. The Morgan fingerprint density at radius 2 is 2.00 bits per heavy atom. The first-order chi connectivity index (χ1) is 13.0. The first kappa shape index (κ1) is 19.1. The molecule has 0 aliphatic heterocycles. The Morgan fingerprint density at radius 3 is 2.70 bits per heavy atom. The largest absolute Gasteiger partial charge is 0.495 e. The van der Waals surface area contributed by atoms with E-state index in [1.165, 1.54) is 37.7 Å². The predicted molar refractivity (Wildman–Crippen MR) is 104 cm³/mol. The molecule has 0 aliphatic rings. The van der Waals surface area contributed by atoms with E-state index in [2.05, 4.69) is 10.3 Å². The molecule has 0 saturated heterocycles. The van der Waals surface area contributed by atoms with Crippen LogP contribution in [0.15, 0.2) is 41.8 Å². The molecule has 1 amide bonds. The van der Waals surface area contributed by atoms with Crippen LogP contribution in [0, 0.1) is 5.82 Å². The maximum Gasteiger partial charge on any atom is 0.230 e. The van der Waals surface area contributed by atoms with Crippen molar-refractivity contribution in [2.75, 3.05) is 19.5 Å².